The molecule has 35 heavy (non-hydrogen) atoms. The Morgan fingerprint density at radius 1 is 1.23 bits per heavy atom. The van der Waals surface area contributed by atoms with Gasteiger partial charge < -0.3 is 19.0 Å². The maximum absolute atomic E-state index is 12.8. The molecule has 3 aliphatic rings. The minimum atomic E-state index is 0.208. The highest BCUT2D eigenvalue weighted by molar-refractivity contribution is 6.03. The summed E-state index contributed by atoms with van der Waals surface area (Å²) in [5, 5.41) is 4.45. The number of amidine groups is 1. The number of fused-ring (bicyclic) bond motifs is 1. The van der Waals surface area contributed by atoms with E-state index in [1.165, 1.54) is 24.8 Å². The average molecular weight is 477 g/mol. The summed E-state index contributed by atoms with van der Waals surface area (Å²) in [6.07, 6.45) is 15.3. The van der Waals surface area contributed by atoms with Crippen LogP contribution in [0.15, 0.2) is 41.5 Å². The van der Waals surface area contributed by atoms with Gasteiger partial charge in [0.25, 0.3) is 0 Å². The van der Waals surface area contributed by atoms with E-state index in [1.807, 2.05) is 17.7 Å². The van der Waals surface area contributed by atoms with E-state index in [1.54, 1.807) is 13.4 Å². The summed E-state index contributed by atoms with van der Waals surface area (Å²) in [5.74, 6) is 2.44. The van der Waals surface area contributed by atoms with Gasteiger partial charge in [-0.3, -0.25) is 4.79 Å². The van der Waals surface area contributed by atoms with Gasteiger partial charge in [-0.1, -0.05) is 30.5 Å². The first-order valence-electron chi connectivity index (χ1n) is 13.0. The summed E-state index contributed by atoms with van der Waals surface area (Å²) in [6, 6.07) is 6.43. The molecular weight excluding hydrogens is 440 g/mol. The van der Waals surface area contributed by atoms with Gasteiger partial charge in [0.2, 0.25) is 0 Å². The molecule has 1 saturated carbocycles. The number of carbonyl (C=O) groups excluding carboxylic acids is 1. The Kier molecular flexibility index (Phi) is 7.21. The second kappa shape index (κ2) is 10.7. The van der Waals surface area contributed by atoms with Crippen LogP contribution in [0.4, 0.5) is 0 Å². The lowest BCUT2D eigenvalue weighted by molar-refractivity contribution is -0.124. The number of imidazole rings is 1. The van der Waals surface area contributed by atoms with Crippen molar-refractivity contribution >= 4 is 17.7 Å². The summed E-state index contributed by atoms with van der Waals surface area (Å²) in [6.45, 7) is 3.49. The van der Waals surface area contributed by atoms with E-state index in [4.69, 9.17) is 9.57 Å². The number of piperidine rings is 1. The molecule has 186 valence electrons. The minimum absolute atomic E-state index is 0.208. The van der Waals surface area contributed by atoms with Crippen LogP contribution in [0.25, 0.3) is 11.8 Å². The monoisotopic (exact) mass is 476 g/mol. The third-order valence-corrected chi connectivity index (χ3v) is 7.58. The van der Waals surface area contributed by atoms with Crippen LogP contribution in [0.5, 0.6) is 5.75 Å². The van der Waals surface area contributed by atoms with Crippen LogP contribution in [0.2, 0.25) is 0 Å². The van der Waals surface area contributed by atoms with Crippen molar-refractivity contribution in [1.29, 1.82) is 0 Å². The predicted octanol–water partition coefficient (Wildman–Crippen LogP) is 5.31. The number of benzene rings is 1. The van der Waals surface area contributed by atoms with Gasteiger partial charge in [0, 0.05) is 25.1 Å². The summed E-state index contributed by atoms with van der Waals surface area (Å²) in [7, 11) is 1.69. The van der Waals surface area contributed by atoms with Crippen molar-refractivity contribution in [3.63, 3.8) is 0 Å². The first-order valence-corrected chi connectivity index (χ1v) is 13.0. The normalized spacial score (nSPS) is 21.9. The minimum Gasteiger partial charge on any atom is -0.495 e. The van der Waals surface area contributed by atoms with Crippen LogP contribution >= 0.6 is 0 Å². The van der Waals surface area contributed by atoms with Gasteiger partial charge in [-0.15, -0.1) is 0 Å². The first kappa shape index (κ1) is 23.6. The number of methoxy groups -OCH3 is 1. The van der Waals surface area contributed by atoms with Gasteiger partial charge >= 0.3 is 0 Å². The number of Topliss-reactive ketones (excluding diaryl/α,β-unsaturated/α-hetero) is 1. The number of carbonyl (C=O) groups is 1. The molecule has 2 aliphatic heterocycles. The van der Waals surface area contributed by atoms with Gasteiger partial charge in [-0.2, -0.15) is 0 Å². The second-order valence-corrected chi connectivity index (χ2v) is 10.0. The van der Waals surface area contributed by atoms with Gasteiger partial charge in [-0.05, 0) is 68.4 Å². The Morgan fingerprint density at radius 2 is 2.09 bits per heavy atom. The molecule has 0 N–H and O–H groups in total. The van der Waals surface area contributed by atoms with Crippen molar-refractivity contribution in [1.82, 2.24) is 14.5 Å². The molecular formula is C28H36N4O3. The van der Waals surface area contributed by atoms with Crippen molar-refractivity contribution in [3.8, 4) is 11.4 Å². The molecule has 2 aromatic rings. The van der Waals surface area contributed by atoms with Crippen LogP contribution in [-0.2, 0) is 9.63 Å². The summed E-state index contributed by atoms with van der Waals surface area (Å²) < 4.78 is 7.67. The molecule has 2 fully saturated rings. The number of rotatable bonds is 7. The highest BCUT2D eigenvalue weighted by Gasteiger charge is 2.33. The largest absolute Gasteiger partial charge is 0.495 e. The van der Waals surface area contributed by atoms with Crippen molar-refractivity contribution in [2.75, 3.05) is 20.3 Å². The van der Waals surface area contributed by atoms with Crippen molar-refractivity contribution in [3.05, 3.63) is 47.6 Å². The van der Waals surface area contributed by atoms with E-state index >= 15 is 0 Å². The van der Waals surface area contributed by atoms with Gasteiger partial charge in [0.1, 0.15) is 18.1 Å². The number of oxime groups is 1. The fraction of sp³-hybridized carbons (Fsp3) is 0.536. The Hall–Kier alpha value is -3.09. The topological polar surface area (TPSA) is 69.0 Å². The van der Waals surface area contributed by atoms with Gasteiger partial charge in [0.15, 0.2) is 5.84 Å². The molecule has 0 unspecified atom stereocenters. The number of aryl methyl sites for hydroxylation is 1. The van der Waals surface area contributed by atoms with E-state index < -0.39 is 0 Å². The molecule has 0 amide bonds. The zero-order valence-electron chi connectivity index (χ0n) is 20.9. The molecule has 5 rings (SSSR count). The van der Waals surface area contributed by atoms with E-state index in [9.17, 15) is 4.79 Å². The molecule has 1 aliphatic carbocycles. The molecule has 1 saturated heterocycles. The maximum Gasteiger partial charge on any atom is 0.171 e. The van der Waals surface area contributed by atoms with Crippen molar-refractivity contribution < 1.29 is 14.4 Å². The maximum atomic E-state index is 12.8. The molecule has 1 aromatic heterocycles. The van der Waals surface area contributed by atoms with E-state index in [0.29, 0.717) is 18.8 Å². The third kappa shape index (κ3) is 5.29. The summed E-state index contributed by atoms with van der Waals surface area (Å²) in [5.41, 5.74) is 4.16. The van der Waals surface area contributed by atoms with E-state index in [0.717, 1.165) is 67.2 Å². The van der Waals surface area contributed by atoms with Crippen LogP contribution in [-0.4, -0.2) is 52.4 Å². The smallest absolute Gasteiger partial charge is 0.171 e. The molecule has 0 bridgehead atoms. The van der Waals surface area contributed by atoms with Crippen molar-refractivity contribution in [2.45, 2.75) is 70.8 Å². The zero-order valence-corrected chi connectivity index (χ0v) is 20.9. The lowest BCUT2D eigenvalue weighted by atomic mass is 9.84. The average Bonchev–Trinajstić information content (AvgIpc) is 3.33. The Labute approximate surface area is 207 Å². The third-order valence-electron chi connectivity index (χ3n) is 7.58. The molecule has 7 nitrogen and oxygen atoms in total. The van der Waals surface area contributed by atoms with Crippen LogP contribution in [0.3, 0.4) is 0 Å². The molecule has 1 atom stereocenters. The molecule has 0 spiro atoms. The SMILES string of the molecule is COc1cc(/C=C2\CCCN3C2=NOC[C@@H]3CCC(=O)C2CCCCC2)ccc1-n1cnc(C)c1. The number of nitrogens with zero attached hydrogens (tertiary/aromatic N) is 4. The summed E-state index contributed by atoms with van der Waals surface area (Å²) >= 11 is 0. The van der Waals surface area contributed by atoms with Gasteiger partial charge in [0.05, 0.1) is 30.9 Å². The van der Waals surface area contributed by atoms with Crippen molar-refractivity contribution in [2.24, 2.45) is 11.1 Å². The molecule has 7 heteroatoms. The predicted molar refractivity (Wildman–Crippen MR) is 137 cm³/mol. The highest BCUT2D eigenvalue weighted by Crippen LogP contribution is 2.31. The standard InChI is InChI=1S/C28H36N4O3/c1-20-17-31(19-29-20)25-12-10-21(16-27(25)34-2)15-23-9-6-14-32-24(18-35-30-28(23)32)11-13-26(33)22-7-4-3-5-8-22/h10,12,15-17,19,22,24H,3-9,11,13-14,18H2,1-2H3/b23-15+/t24-/m0/s1. The zero-order chi connectivity index (χ0) is 24.2. The lowest BCUT2D eigenvalue weighted by Crippen LogP contribution is -2.49. The quantitative estimate of drug-likeness (QED) is 0.542. The van der Waals surface area contributed by atoms with E-state index in [2.05, 4.69) is 39.3 Å². The highest BCUT2D eigenvalue weighted by atomic mass is 16.6. The first-order chi connectivity index (χ1) is 17.1. The number of hydrogen-bond donors (Lipinski definition) is 0. The Morgan fingerprint density at radius 3 is 2.86 bits per heavy atom. The lowest BCUT2D eigenvalue weighted by Gasteiger charge is -2.40. The number of hydrogen-bond acceptors (Lipinski definition) is 6. The fourth-order valence-corrected chi connectivity index (χ4v) is 5.65. The van der Waals surface area contributed by atoms with Crippen LogP contribution in [0.1, 0.15) is 69.0 Å². The number of ether oxygens (including phenoxy) is 1. The second-order valence-electron chi connectivity index (χ2n) is 10.0. The fourth-order valence-electron chi connectivity index (χ4n) is 5.65. The molecule has 3 heterocycles. The van der Waals surface area contributed by atoms with Gasteiger partial charge in [-0.25, -0.2) is 4.98 Å². The molecule has 0 radical (unpaired) electrons. The summed E-state index contributed by atoms with van der Waals surface area (Å²) in [4.78, 5) is 25.2. The number of aromatic nitrogens is 2. The molecule has 1 aromatic carbocycles. The van der Waals surface area contributed by atoms with Crippen LogP contribution < -0.4 is 4.74 Å². The van der Waals surface area contributed by atoms with Crippen LogP contribution in [0, 0.1) is 12.8 Å². The number of ketones is 1. The Bertz CT molecular complexity index is 1110. The van der Waals surface area contributed by atoms with E-state index in [-0.39, 0.29) is 12.0 Å². The Balaban J connectivity index is 1.30.